The van der Waals surface area contributed by atoms with E-state index in [9.17, 15) is 14.7 Å². The Hall–Kier alpha value is -2.04. The van der Waals surface area contributed by atoms with Crippen molar-refractivity contribution in [3.8, 4) is 5.75 Å². The number of hydrogen-bond acceptors (Lipinski definition) is 3. The minimum absolute atomic E-state index is 0.0341. The molecule has 5 nitrogen and oxygen atoms in total. The van der Waals surface area contributed by atoms with Crippen molar-refractivity contribution >= 4 is 11.8 Å². The van der Waals surface area contributed by atoms with E-state index in [1.54, 1.807) is 17.0 Å². The zero-order chi connectivity index (χ0) is 13.3. The average molecular weight is 248 g/mol. The molecule has 1 fully saturated rings. The Morgan fingerprint density at radius 1 is 1.44 bits per heavy atom. The first-order valence-corrected chi connectivity index (χ1v) is 5.87. The van der Waals surface area contributed by atoms with Crippen LogP contribution in [0.25, 0.3) is 0 Å². The first-order chi connectivity index (χ1) is 8.49. The van der Waals surface area contributed by atoms with Crippen molar-refractivity contribution in [1.82, 2.24) is 4.90 Å². The zero-order valence-electron chi connectivity index (χ0n) is 10.2. The third-order valence-electron chi connectivity index (χ3n) is 3.26. The van der Waals surface area contributed by atoms with Crippen molar-refractivity contribution in [1.29, 1.82) is 0 Å². The number of carbonyl (C=O) groups excluding carboxylic acids is 2. The monoisotopic (exact) mass is 248 g/mol. The van der Waals surface area contributed by atoms with E-state index in [2.05, 4.69) is 0 Å². The molecule has 18 heavy (non-hydrogen) atoms. The summed E-state index contributed by atoms with van der Waals surface area (Å²) in [7, 11) is 0. The Kier molecular flexibility index (Phi) is 3.23. The fourth-order valence-electron chi connectivity index (χ4n) is 2.17. The second-order valence-corrected chi connectivity index (χ2v) is 4.66. The third-order valence-corrected chi connectivity index (χ3v) is 3.26. The summed E-state index contributed by atoms with van der Waals surface area (Å²) in [5.41, 5.74) is 6.41. The maximum absolute atomic E-state index is 12.2. The van der Waals surface area contributed by atoms with E-state index in [4.69, 9.17) is 5.73 Å². The molecule has 1 unspecified atom stereocenters. The van der Waals surface area contributed by atoms with Gasteiger partial charge in [-0.3, -0.25) is 9.59 Å². The molecule has 1 aliphatic heterocycles. The van der Waals surface area contributed by atoms with E-state index in [-0.39, 0.29) is 29.0 Å². The highest BCUT2D eigenvalue weighted by atomic mass is 16.3. The highest BCUT2D eigenvalue weighted by Crippen LogP contribution is 2.24. The molecule has 0 aliphatic carbocycles. The van der Waals surface area contributed by atoms with Crippen LogP contribution in [0.4, 0.5) is 0 Å². The normalized spacial score (nSPS) is 18.9. The smallest absolute Gasteiger partial charge is 0.257 e. The predicted octanol–water partition coefficient (Wildman–Crippen LogP) is 0.648. The Morgan fingerprint density at radius 3 is 2.78 bits per heavy atom. The van der Waals surface area contributed by atoms with Gasteiger partial charge in [0.25, 0.3) is 5.91 Å². The number of rotatable bonds is 2. The average Bonchev–Trinajstić information content (AvgIpc) is 2.81. The SMILES string of the molecule is Cc1ccc(O)c(C(=O)N2CCC(C(N)=O)C2)c1. The molecule has 1 atom stereocenters. The van der Waals surface area contributed by atoms with Crippen molar-refractivity contribution < 1.29 is 14.7 Å². The predicted molar refractivity (Wildman–Crippen MR) is 66.0 cm³/mol. The minimum atomic E-state index is -0.376. The number of nitrogens with zero attached hydrogens (tertiary/aromatic N) is 1. The van der Waals surface area contributed by atoms with Crippen molar-refractivity contribution in [3.63, 3.8) is 0 Å². The van der Waals surface area contributed by atoms with E-state index in [1.807, 2.05) is 6.92 Å². The van der Waals surface area contributed by atoms with Crippen LogP contribution in [0.3, 0.4) is 0 Å². The first kappa shape index (κ1) is 12.4. The van der Waals surface area contributed by atoms with Gasteiger partial charge in [-0.25, -0.2) is 0 Å². The highest BCUT2D eigenvalue weighted by Gasteiger charge is 2.31. The van der Waals surface area contributed by atoms with Crippen LogP contribution in [0, 0.1) is 12.8 Å². The van der Waals surface area contributed by atoms with E-state index >= 15 is 0 Å². The topological polar surface area (TPSA) is 83.6 Å². The molecule has 0 saturated carbocycles. The first-order valence-electron chi connectivity index (χ1n) is 5.87. The summed E-state index contributed by atoms with van der Waals surface area (Å²) in [5.74, 6) is -0.937. The van der Waals surface area contributed by atoms with Gasteiger partial charge < -0.3 is 15.7 Å². The van der Waals surface area contributed by atoms with Crippen LogP contribution < -0.4 is 5.73 Å². The van der Waals surface area contributed by atoms with Crippen molar-refractivity contribution in [2.45, 2.75) is 13.3 Å². The minimum Gasteiger partial charge on any atom is -0.507 e. The van der Waals surface area contributed by atoms with E-state index in [0.717, 1.165) is 5.56 Å². The fraction of sp³-hybridized carbons (Fsp3) is 0.385. The van der Waals surface area contributed by atoms with Gasteiger partial charge in [0.1, 0.15) is 5.75 Å². The molecule has 1 aliphatic rings. The quantitative estimate of drug-likeness (QED) is 0.806. The molecule has 0 bridgehead atoms. The lowest BCUT2D eigenvalue weighted by atomic mass is 10.1. The molecular formula is C13H16N2O3. The van der Waals surface area contributed by atoms with Gasteiger partial charge in [0, 0.05) is 13.1 Å². The summed E-state index contributed by atoms with van der Waals surface area (Å²) < 4.78 is 0. The molecule has 2 rings (SSSR count). The van der Waals surface area contributed by atoms with Gasteiger partial charge in [-0.05, 0) is 25.5 Å². The van der Waals surface area contributed by atoms with Gasteiger partial charge in [0.15, 0.2) is 0 Å². The summed E-state index contributed by atoms with van der Waals surface area (Å²) >= 11 is 0. The fourth-order valence-corrected chi connectivity index (χ4v) is 2.17. The van der Waals surface area contributed by atoms with E-state index < -0.39 is 0 Å². The van der Waals surface area contributed by atoms with Crippen LogP contribution in [0.15, 0.2) is 18.2 Å². The molecule has 96 valence electrons. The van der Waals surface area contributed by atoms with Gasteiger partial charge in [-0.1, -0.05) is 11.6 Å². The molecule has 5 heteroatoms. The van der Waals surface area contributed by atoms with Crippen LogP contribution in [0.2, 0.25) is 0 Å². The number of phenols is 1. The Labute approximate surface area is 105 Å². The number of aromatic hydroxyl groups is 1. The maximum atomic E-state index is 12.2. The van der Waals surface area contributed by atoms with Gasteiger partial charge >= 0.3 is 0 Å². The number of amides is 2. The van der Waals surface area contributed by atoms with Crippen molar-refractivity contribution in [2.24, 2.45) is 11.7 Å². The molecule has 1 saturated heterocycles. The second kappa shape index (κ2) is 4.68. The molecule has 0 aromatic heterocycles. The van der Waals surface area contributed by atoms with E-state index in [0.29, 0.717) is 19.5 Å². The summed E-state index contributed by atoms with van der Waals surface area (Å²) in [6.45, 7) is 2.69. The van der Waals surface area contributed by atoms with Crippen LogP contribution in [0.5, 0.6) is 5.75 Å². The lowest BCUT2D eigenvalue weighted by molar-refractivity contribution is -0.121. The third kappa shape index (κ3) is 2.30. The number of aryl methyl sites for hydroxylation is 1. The Morgan fingerprint density at radius 2 is 2.17 bits per heavy atom. The molecule has 0 radical (unpaired) electrons. The van der Waals surface area contributed by atoms with Gasteiger partial charge in [0.2, 0.25) is 5.91 Å². The summed E-state index contributed by atoms with van der Waals surface area (Å²) in [6, 6.07) is 4.89. The van der Waals surface area contributed by atoms with Gasteiger partial charge in [0.05, 0.1) is 11.5 Å². The number of carbonyl (C=O) groups is 2. The van der Waals surface area contributed by atoms with Crippen LogP contribution in [-0.4, -0.2) is 34.9 Å². The molecule has 1 aromatic rings. The molecule has 2 amide bonds. The number of hydrogen-bond donors (Lipinski definition) is 2. The van der Waals surface area contributed by atoms with Crippen molar-refractivity contribution in [2.75, 3.05) is 13.1 Å². The van der Waals surface area contributed by atoms with E-state index in [1.165, 1.54) is 6.07 Å². The molecule has 1 aromatic carbocycles. The molecule has 3 N–H and O–H groups in total. The largest absolute Gasteiger partial charge is 0.507 e. The molecule has 1 heterocycles. The highest BCUT2D eigenvalue weighted by molar-refractivity contribution is 5.97. The van der Waals surface area contributed by atoms with Crippen molar-refractivity contribution in [3.05, 3.63) is 29.3 Å². The number of phenolic OH excluding ortho intramolecular Hbond substituents is 1. The zero-order valence-corrected chi connectivity index (χ0v) is 10.2. The van der Waals surface area contributed by atoms with Crippen LogP contribution in [-0.2, 0) is 4.79 Å². The van der Waals surface area contributed by atoms with Crippen LogP contribution >= 0.6 is 0 Å². The Bertz CT molecular complexity index is 499. The number of benzene rings is 1. The Balaban J connectivity index is 2.17. The summed E-state index contributed by atoms with van der Waals surface area (Å²) in [6.07, 6.45) is 0.591. The molecule has 0 spiro atoms. The van der Waals surface area contributed by atoms with Crippen LogP contribution in [0.1, 0.15) is 22.3 Å². The molecular weight excluding hydrogens is 232 g/mol. The number of likely N-dealkylation sites (tertiary alicyclic amines) is 1. The lowest BCUT2D eigenvalue weighted by Crippen LogP contribution is -2.31. The standard InChI is InChI=1S/C13H16N2O3/c1-8-2-3-11(16)10(6-8)13(18)15-5-4-9(7-15)12(14)17/h2-3,6,9,16H,4-5,7H2,1H3,(H2,14,17). The number of primary amides is 1. The number of nitrogens with two attached hydrogens (primary N) is 1. The summed E-state index contributed by atoms with van der Waals surface area (Å²) in [4.78, 5) is 24.8. The lowest BCUT2D eigenvalue weighted by Gasteiger charge is -2.17. The van der Waals surface area contributed by atoms with Gasteiger partial charge in [-0.2, -0.15) is 0 Å². The van der Waals surface area contributed by atoms with Gasteiger partial charge in [-0.15, -0.1) is 0 Å². The maximum Gasteiger partial charge on any atom is 0.257 e. The second-order valence-electron chi connectivity index (χ2n) is 4.66. The summed E-state index contributed by atoms with van der Waals surface area (Å²) in [5, 5.41) is 9.70.